The van der Waals surface area contributed by atoms with E-state index in [1.54, 1.807) is 0 Å². The van der Waals surface area contributed by atoms with Gasteiger partial charge in [-0.15, -0.1) is 0 Å². The molecule has 5 aromatic rings. The van der Waals surface area contributed by atoms with Crippen LogP contribution in [0.5, 0.6) is 11.5 Å². The maximum absolute atomic E-state index is 6.13. The molecule has 0 bridgehead atoms. The lowest BCUT2D eigenvalue weighted by Crippen LogP contribution is -2.00. The fourth-order valence-corrected chi connectivity index (χ4v) is 5.08. The molecule has 3 nitrogen and oxygen atoms in total. The van der Waals surface area contributed by atoms with Crippen molar-refractivity contribution in [3.8, 4) is 11.5 Å². The van der Waals surface area contributed by atoms with E-state index < -0.39 is 0 Å². The lowest BCUT2D eigenvalue weighted by molar-refractivity contribution is 0.309. The molecule has 5 heteroatoms. The Kier molecular flexibility index (Phi) is 7.75. The molecule has 5 rings (SSSR count). The van der Waals surface area contributed by atoms with Gasteiger partial charge in [-0.1, -0.05) is 60.7 Å². The highest BCUT2D eigenvalue weighted by Gasteiger charge is 2.15. The number of ether oxygens (including phenoxy) is 2. The summed E-state index contributed by atoms with van der Waals surface area (Å²) < 4.78 is 20.2. The van der Waals surface area contributed by atoms with Crippen LogP contribution in [0, 0.1) is 0 Å². The Morgan fingerprint density at radius 3 is 1.43 bits per heavy atom. The lowest BCUT2D eigenvalue weighted by Gasteiger charge is -2.09. The van der Waals surface area contributed by atoms with Crippen LogP contribution in [0.15, 0.2) is 98.3 Å². The molecule has 0 radical (unpaired) electrons. The molecule has 0 N–H and O–H groups in total. The second-order valence-corrected chi connectivity index (χ2v) is 10.2. The first-order valence-corrected chi connectivity index (χ1v) is 13.4. The largest absolute Gasteiger partial charge is 0.492 e. The number of rotatable bonds is 10. The molecule has 0 unspecified atom stereocenters. The van der Waals surface area contributed by atoms with Crippen molar-refractivity contribution in [2.24, 2.45) is 0 Å². The Morgan fingerprint density at radius 1 is 0.571 bits per heavy atom. The maximum atomic E-state index is 6.13. The number of aryl methyl sites for hydroxylation is 2. The summed E-state index contributed by atoms with van der Waals surface area (Å²) in [5, 5.41) is 2.03. The average molecular weight is 594 g/mol. The van der Waals surface area contributed by atoms with Crippen LogP contribution in [0.3, 0.4) is 0 Å². The Balaban J connectivity index is 1.28. The second kappa shape index (κ2) is 11.3. The summed E-state index contributed by atoms with van der Waals surface area (Å²) >= 11 is 7.29. The van der Waals surface area contributed by atoms with Crippen molar-refractivity contribution in [1.82, 2.24) is 0 Å². The van der Waals surface area contributed by atoms with Crippen LogP contribution in [0.1, 0.15) is 24.0 Å². The van der Waals surface area contributed by atoms with Gasteiger partial charge >= 0.3 is 0 Å². The third-order valence-corrected chi connectivity index (χ3v) is 7.24. The molecular formula is C30H26Br2O3. The molecule has 35 heavy (non-hydrogen) atoms. The summed E-state index contributed by atoms with van der Waals surface area (Å²) in [7, 11) is 0. The fraction of sp³-hybridized carbons (Fsp3) is 0.200. The summed E-state index contributed by atoms with van der Waals surface area (Å²) in [6.07, 6.45) is 3.89. The van der Waals surface area contributed by atoms with Crippen LogP contribution in [-0.2, 0) is 12.8 Å². The topological polar surface area (TPSA) is 31.6 Å². The zero-order valence-corrected chi connectivity index (χ0v) is 22.5. The first-order valence-electron chi connectivity index (χ1n) is 11.9. The van der Waals surface area contributed by atoms with Gasteiger partial charge in [-0.05, 0) is 92.9 Å². The fourth-order valence-electron chi connectivity index (χ4n) is 4.21. The number of halogens is 2. The molecule has 0 aliphatic carbocycles. The normalized spacial score (nSPS) is 11.3. The maximum Gasteiger partial charge on any atom is 0.136 e. The molecule has 0 amide bonds. The predicted octanol–water partition coefficient (Wildman–Crippen LogP) is 9.13. The second-order valence-electron chi connectivity index (χ2n) is 8.53. The van der Waals surface area contributed by atoms with E-state index in [1.807, 2.05) is 24.3 Å². The molecular weight excluding hydrogens is 568 g/mol. The highest BCUT2D eigenvalue weighted by Crippen LogP contribution is 2.40. The third kappa shape index (κ3) is 5.91. The molecule has 1 heterocycles. The molecule has 0 fully saturated rings. The first-order chi connectivity index (χ1) is 17.2. The van der Waals surface area contributed by atoms with E-state index in [2.05, 4.69) is 92.5 Å². The van der Waals surface area contributed by atoms with Gasteiger partial charge in [-0.3, -0.25) is 0 Å². The SMILES string of the molecule is Brc1cc2oc3cc(Br)c(OCCCc4ccccc4)cc3c2cc1OCCCc1ccccc1. The molecule has 178 valence electrons. The summed E-state index contributed by atoms with van der Waals surface area (Å²) in [5.74, 6) is 1.64. The van der Waals surface area contributed by atoms with Crippen LogP contribution in [0.4, 0.5) is 0 Å². The minimum atomic E-state index is 0.649. The van der Waals surface area contributed by atoms with E-state index in [0.29, 0.717) is 13.2 Å². The highest BCUT2D eigenvalue weighted by molar-refractivity contribution is 9.11. The number of furan rings is 1. The van der Waals surface area contributed by atoms with Gasteiger partial charge in [0.1, 0.15) is 22.7 Å². The van der Waals surface area contributed by atoms with Crippen LogP contribution in [0.2, 0.25) is 0 Å². The van der Waals surface area contributed by atoms with E-state index in [1.165, 1.54) is 11.1 Å². The monoisotopic (exact) mass is 592 g/mol. The zero-order chi connectivity index (χ0) is 24.0. The van der Waals surface area contributed by atoms with Crippen LogP contribution in [0.25, 0.3) is 21.9 Å². The number of benzene rings is 4. The van der Waals surface area contributed by atoms with Gasteiger partial charge < -0.3 is 13.9 Å². The lowest BCUT2D eigenvalue weighted by atomic mass is 10.1. The summed E-state index contributed by atoms with van der Waals surface area (Å²) in [6, 6.07) is 29.1. The number of hydrogen-bond acceptors (Lipinski definition) is 3. The van der Waals surface area contributed by atoms with Crippen molar-refractivity contribution in [2.75, 3.05) is 13.2 Å². The Labute approximate surface area is 222 Å². The minimum absolute atomic E-state index is 0.649. The molecule has 0 saturated carbocycles. The molecule has 0 spiro atoms. The van der Waals surface area contributed by atoms with E-state index >= 15 is 0 Å². The van der Waals surface area contributed by atoms with E-state index in [9.17, 15) is 0 Å². The summed E-state index contributed by atoms with van der Waals surface area (Å²) in [4.78, 5) is 0. The molecule has 0 atom stereocenters. The van der Waals surface area contributed by atoms with Crippen molar-refractivity contribution in [1.29, 1.82) is 0 Å². The van der Waals surface area contributed by atoms with Crippen LogP contribution in [-0.4, -0.2) is 13.2 Å². The average Bonchev–Trinajstić information content (AvgIpc) is 3.21. The van der Waals surface area contributed by atoms with Gasteiger partial charge in [0, 0.05) is 10.8 Å². The molecule has 0 aliphatic heterocycles. The standard InChI is InChI=1S/C30H26Br2O3/c31-25-19-27-23(17-29(25)33-15-7-13-21-9-3-1-4-10-21)24-18-30(26(32)20-28(24)35-27)34-16-8-14-22-11-5-2-6-12-22/h1-6,9-12,17-20H,7-8,13-16H2. The van der Waals surface area contributed by atoms with Crippen molar-refractivity contribution in [3.05, 3.63) is 105 Å². The molecule has 1 aromatic heterocycles. The van der Waals surface area contributed by atoms with Gasteiger partial charge in [0.05, 0.1) is 22.2 Å². The van der Waals surface area contributed by atoms with E-state index in [-0.39, 0.29) is 0 Å². The predicted molar refractivity (Wildman–Crippen MR) is 150 cm³/mol. The van der Waals surface area contributed by atoms with Gasteiger partial charge in [-0.2, -0.15) is 0 Å². The van der Waals surface area contributed by atoms with E-state index in [0.717, 1.165) is 68.1 Å². The van der Waals surface area contributed by atoms with Gasteiger partial charge in [-0.25, -0.2) is 0 Å². The highest BCUT2D eigenvalue weighted by atomic mass is 79.9. The molecule has 0 aliphatic rings. The van der Waals surface area contributed by atoms with Crippen LogP contribution >= 0.6 is 31.9 Å². The van der Waals surface area contributed by atoms with Crippen LogP contribution < -0.4 is 9.47 Å². The molecule has 4 aromatic carbocycles. The Bertz CT molecular complexity index is 1300. The zero-order valence-electron chi connectivity index (χ0n) is 19.3. The summed E-state index contributed by atoms with van der Waals surface area (Å²) in [6.45, 7) is 1.30. The summed E-state index contributed by atoms with van der Waals surface area (Å²) in [5.41, 5.74) is 4.29. The van der Waals surface area contributed by atoms with E-state index in [4.69, 9.17) is 13.9 Å². The van der Waals surface area contributed by atoms with Gasteiger partial charge in [0.2, 0.25) is 0 Å². The van der Waals surface area contributed by atoms with Gasteiger partial charge in [0.15, 0.2) is 0 Å². The number of fused-ring (bicyclic) bond motifs is 3. The van der Waals surface area contributed by atoms with Gasteiger partial charge in [0.25, 0.3) is 0 Å². The van der Waals surface area contributed by atoms with Crippen molar-refractivity contribution < 1.29 is 13.9 Å². The first kappa shape index (κ1) is 24.0. The van der Waals surface area contributed by atoms with Crippen molar-refractivity contribution in [3.63, 3.8) is 0 Å². The van der Waals surface area contributed by atoms with Crippen molar-refractivity contribution in [2.45, 2.75) is 25.7 Å². The Hall–Kier alpha value is -2.76. The third-order valence-electron chi connectivity index (χ3n) is 6.00. The minimum Gasteiger partial charge on any atom is -0.492 e. The smallest absolute Gasteiger partial charge is 0.136 e. The Morgan fingerprint density at radius 2 is 1.00 bits per heavy atom. The quantitative estimate of drug-likeness (QED) is 0.151. The number of hydrogen-bond donors (Lipinski definition) is 0. The van der Waals surface area contributed by atoms with Crippen molar-refractivity contribution >= 4 is 53.8 Å². The molecule has 0 saturated heterocycles.